The third-order valence-electron chi connectivity index (χ3n) is 5.55. The standard InChI is InChI=1S/C22H36/c1-18(2)11-10-16-22(21-14-8-5-9-15-21)17-19(3)20-12-6-4-7-13-20/h4,6,8,14,16,18-21H,5,7,9-13,15,17H2,1-3H3. The molecule has 0 aliphatic heterocycles. The molecule has 124 valence electrons. The van der Waals surface area contributed by atoms with E-state index >= 15 is 0 Å². The minimum absolute atomic E-state index is 0.738. The van der Waals surface area contributed by atoms with E-state index in [1.807, 2.05) is 0 Å². The number of hydrogen-bond donors (Lipinski definition) is 0. The summed E-state index contributed by atoms with van der Waals surface area (Å²) in [5.41, 5.74) is 1.75. The second kappa shape index (κ2) is 9.38. The summed E-state index contributed by atoms with van der Waals surface area (Å²) in [7, 11) is 0. The van der Waals surface area contributed by atoms with Crippen molar-refractivity contribution in [1.29, 1.82) is 0 Å². The second-order valence-electron chi connectivity index (χ2n) is 7.94. The molecule has 0 heterocycles. The third-order valence-corrected chi connectivity index (χ3v) is 5.55. The van der Waals surface area contributed by atoms with Gasteiger partial charge in [0, 0.05) is 0 Å². The van der Waals surface area contributed by atoms with Gasteiger partial charge in [0.2, 0.25) is 0 Å². The molecule has 0 spiro atoms. The monoisotopic (exact) mass is 300 g/mol. The fraction of sp³-hybridized carbons (Fsp3) is 0.727. The summed E-state index contributed by atoms with van der Waals surface area (Å²) in [6.45, 7) is 7.17. The summed E-state index contributed by atoms with van der Waals surface area (Å²) < 4.78 is 0. The van der Waals surface area contributed by atoms with E-state index in [0.29, 0.717) is 0 Å². The Morgan fingerprint density at radius 1 is 1.09 bits per heavy atom. The van der Waals surface area contributed by atoms with Crippen molar-refractivity contribution >= 4 is 0 Å². The van der Waals surface area contributed by atoms with E-state index in [9.17, 15) is 0 Å². The summed E-state index contributed by atoms with van der Waals surface area (Å²) in [6.07, 6.45) is 24.3. The minimum Gasteiger partial charge on any atom is -0.0885 e. The maximum absolute atomic E-state index is 2.61. The van der Waals surface area contributed by atoms with Gasteiger partial charge in [-0.25, -0.2) is 0 Å². The highest BCUT2D eigenvalue weighted by molar-refractivity contribution is 5.16. The summed E-state index contributed by atoms with van der Waals surface area (Å²) >= 11 is 0. The van der Waals surface area contributed by atoms with Crippen LogP contribution < -0.4 is 0 Å². The fourth-order valence-corrected chi connectivity index (χ4v) is 3.98. The number of hydrogen-bond acceptors (Lipinski definition) is 0. The fourth-order valence-electron chi connectivity index (χ4n) is 3.98. The first-order valence-corrected chi connectivity index (χ1v) is 9.67. The summed E-state index contributed by atoms with van der Waals surface area (Å²) in [6, 6.07) is 0. The number of allylic oxidation sites excluding steroid dienone is 6. The smallest absolute Gasteiger partial charge is 0.00231 e. The van der Waals surface area contributed by atoms with Crippen LogP contribution in [0.4, 0.5) is 0 Å². The van der Waals surface area contributed by atoms with Crippen LogP contribution in [-0.2, 0) is 0 Å². The Kier molecular flexibility index (Phi) is 7.49. The van der Waals surface area contributed by atoms with Crippen LogP contribution in [0.25, 0.3) is 0 Å². The maximum atomic E-state index is 2.61. The maximum Gasteiger partial charge on any atom is -0.00231 e. The molecule has 0 N–H and O–H groups in total. The van der Waals surface area contributed by atoms with Gasteiger partial charge < -0.3 is 0 Å². The SMILES string of the molecule is CC(C)CCC=C(CC(C)C1CC=CCC1)C1C=CCCC1. The van der Waals surface area contributed by atoms with Crippen molar-refractivity contribution in [2.75, 3.05) is 0 Å². The largest absolute Gasteiger partial charge is 0.0885 e. The topological polar surface area (TPSA) is 0 Å². The van der Waals surface area contributed by atoms with Gasteiger partial charge in [-0.2, -0.15) is 0 Å². The van der Waals surface area contributed by atoms with Crippen LogP contribution in [0.2, 0.25) is 0 Å². The zero-order chi connectivity index (χ0) is 15.8. The van der Waals surface area contributed by atoms with Crippen LogP contribution in [0, 0.1) is 23.7 Å². The Morgan fingerprint density at radius 3 is 2.59 bits per heavy atom. The van der Waals surface area contributed by atoms with Crippen molar-refractivity contribution in [2.45, 2.75) is 78.6 Å². The zero-order valence-corrected chi connectivity index (χ0v) is 15.1. The number of rotatable bonds is 7. The van der Waals surface area contributed by atoms with Crippen LogP contribution in [0.3, 0.4) is 0 Å². The van der Waals surface area contributed by atoms with Crippen LogP contribution in [0.5, 0.6) is 0 Å². The lowest BCUT2D eigenvalue weighted by molar-refractivity contribution is 0.322. The Hall–Kier alpha value is -0.780. The lowest BCUT2D eigenvalue weighted by atomic mass is 9.77. The molecule has 22 heavy (non-hydrogen) atoms. The van der Waals surface area contributed by atoms with Gasteiger partial charge in [0.1, 0.15) is 0 Å². The highest BCUT2D eigenvalue weighted by Crippen LogP contribution is 2.35. The Bertz CT molecular complexity index is 396. The van der Waals surface area contributed by atoms with Crippen molar-refractivity contribution in [2.24, 2.45) is 23.7 Å². The lowest BCUT2D eigenvalue weighted by Crippen LogP contribution is -2.16. The molecule has 0 fully saturated rings. The Morgan fingerprint density at radius 2 is 1.95 bits per heavy atom. The van der Waals surface area contributed by atoms with E-state index in [-0.39, 0.29) is 0 Å². The molecule has 2 aliphatic carbocycles. The van der Waals surface area contributed by atoms with Crippen molar-refractivity contribution in [3.05, 3.63) is 36.0 Å². The van der Waals surface area contributed by atoms with Crippen LogP contribution >= 0.6 is 0 Å². The van der Waals surface area contributed by atoms with Gasteiger partial charge in [-0.1, -0.05) is 56.7 Å². The summed E-state index contributed by atoms with van der Waals surface area (Å²) in [5, 5.41) is 0. The first-order valence-electron chi connectivity index (χ1n) is 9.67. The molecule has 0 amide bonds. The average Bonchev–Trinajstić information content (AvgIpc) is 2.55. The van der Waals surface area contributed by atoms with E-state index in [0.717, 1.165) is 23.7 Å². The van der Waals surface area contributed by atoms with Crippen LogP contribution in [0.1, 0.15) is 78.6 Å². The van der Waals surface area contributed by atoms with Crippen molar-refractivity contribution in [3.63, 3.8) is 0 Å². The predicted octanol–water partition coefficient (Wildman–Crippen LogP) is 7.09. The molecule has 0 aromatic carbocycles. The van der Waals surface area contributed by atoms with E-state index in [4.69, 9.17) is 0 Å². The van der Waals surface area contributed by atoms with Crippen LogP contribution in [-0.4, -0.2) is 0 Å². The van der Waals surface area contributed by atoms with Crippen LogP contribution in [0.15, 0.2) is 36.0 Å². The molecule has 0 aromatic rings. The summed E-state index contributed by atoms with van der Waals surface area (Å²) in [5.74, 6) is 3.31. The average molecular weight is 301 g/mol. The molecule has 0 aromatic heterocycles. The van der Waals surface area contributed by atoms with Gasteiger partial charge in [0.25, 0.3) is 0 Å². The van der Waals surface area contributed by atoms with E-state index in [1.165, 1.54) is 57.8 Å². The predicted molar refractivity (Wildman–Crippen MR) is 98.9 cm³/mol. The molecule has 3 atom stereocenters. The Labute approximate surface area is 138 Å². The molecule has 0 saturated heterocycles. The third kappa shape index (κ3) is 5.78. The molecule has 2 aliphatic rings. The van der Waals surface area contributed by atoms with E-state index in [2.05, 4.69) is 51.2 Å². The normalized spacial score (nSPS) is 27.4. The minimum atomic E-state index is 0.738. The van der Waals surface area contributed by atoms with E-state index in [1.54, 1.807) is 5.57 Å². The van der Waals surface area contributed by atoms with Crippen molar-refractivity contribution in [1.82, 2.24) is 0 Å². The first kappa shape index (κ1) is 17.6. The summed E-state index contributed by atoms with van der Waals surface area (Å²) in [4.78, 5) is 0. The van der Waals surface area contributed by atoms with Gasteiger partial charge in [-0.15, -0.1) is 0 Å². The molecule has 0 nitrogen and oxygen atoms in total. The molecule has 2 rings (SSSR count). The molecule has 0 radical (unpaired) electrons. The second-order valence-corrected chi connectivity index (χ2v) is 7.94. The van der Waals surface area contributed by atoms with Gasteiger partial charge in [0.05, 0.1) is 0 Å². The molecule has 3 unspecified atom stereocenters. The van der Waals surface area contributed by atoms with Gasteiger partial charge in [-0.3, -0.25) is 0 Å². The van der Waals surface area contributed by atoms with E-state index < -0.39 is 0 Å². The lowest BCUT2D eigenvalue weighted by Gasteiger charge is -2.29. The van der Waals surface area contributed by atoms with Crippen molar-refractivity contribution in [3.8, 4) is 0 Å². The highest BCUT2D eigenvalue weighted by Gasteiger charge is 2.22. The molecule has 0 bridgehead atoms. The highest BCUT2D eigenvalue weighted by atomic mass is 14.3. The van der Waals surface area contributed by atoms with Crippen molar-refractivity contribution < 1.29 is 0 Å². The molecule has 0 saturated carbocycles. The molecular weight excluding hydrogens is 264 g/mol. The molecule has 0 heteroatoms. The first-order chi connectivity index (χ1) is 10.7. The van der Waals surface area contributed by atoms with Gasteiger partial charge in [-0.05, 0) is 81.5 Å². The zero-order valence-electron chi connectivity index (χ0n) is 15.1. The Balaban J connectivity index is 1.97. The molecular formula is C22H36. The van der Waals surface area contributed by atoms with Gasteiger partial charge in [0.15, 0.2) is 0 Å². The quantitative estimate of drug-likeness (QED) is 0.440. The van der Waals surface area contributed by atoms with Gasteiger partial charge >= 0.3 is 0 Å².